The van der Waals surface area contributed by atoms with Crippen molar-refractivity contribution >= 4 is 27.5 Å². The highest BCUT2D eigenvalue weighted by Crippen LogP contribution is 2.25. The van der Waals surface area contributed by atoms with Gasteiger partial charge >= 0.3 is 0 Å². The van der Waals surface area contributed by atoms with Crippen LogP contribution in [-0.2, 0) is 0 Å². The number of carbonyl (C=O) groups excluding carboxylic acids is 1. The molecule has 1 atom stereocenters. The third-order valence-electron chi connectivity index (χ3n) is 3.21. The third-order valence-corrected chi connectivity index (χ3v) is 3.94. The molecule has 0 aliphatic heterocycles. The molecular weight excluding hydrogens is 332 g/mol. The Morgan fingerprint density at radius 1 is 1.29 bits per heavy atom. The van der Waals surface area contributed by atoms with Crippen molar-refractivity contribution in [2.24, 2.45) is 0 Å². The molecule has 1 unspecified atom stereocenters. The Labute approximate surface area is 132 Å². The van der Waals surface area contributed by atoms with Crippen molar-refractivity contribution < 1.29 is 9.53 Å². The van der Waals surface area contributed by atoms with Crippen molar-refractivity contribution in [3.63, 3.8) is 0 Å². The van der Waals surface area contributed by atoms with E-state index in [-0.39, 0.29) is 11.9 Å². The molecule has 0 heterocycles. The molecule has 0 aliphatic rings. The molecule has 0 saturated heterocycles. The molecule has 2 rings (SSSR count). The quantitative estimate of drug-likeness (QED) is 0.830. The predicted molar refractivity (Wildman–Crippen MR) is 87.4 cm³/mol. The Morgan fingerprint density at radius 2 is 2.00 bits per heavy atom. The van der Waals surface area contributed by atoms with E-state index < -0.39 is 0 Å². The fourth-order valence-electron chi connectivity index (χ4n) is 2.04. The monoisotopic (exact) mass is 348 g/mol. The number of rotatable bonds is 4. The van der Waals surface area contributed by atoms with Gasteiger partial charge in [-0.15, -0.1) is 0 Å². The molecule has 0 spiro atoms. The summed E-state index contributed by atoms with van der Waals surface area (Å²) in [6.45, 7) is 1.94. The number of methoxy groups -OCH3 is 1. The highest BCUT2D eigenvalue weighted by Gasteiger charge is 2.14. The predicted octanol–water partition coefficient (Wildman–Crippen LogP) is 3.53. The maximum absolute atomic E-state index is 12.3. The summed E-state index contributed by atoms with van der Waals surface area (Å²) >= 11 is 3.49. The first kappa shape index (κ1) is 15.4. The van der Waals surface area contributed by atoms with Crippen molar-refractivity contribution in [1.82, 2.24) is 5.32 Å². The smallest absolute Gasteiger partial charge is 0.251 e. The zero-order valence-electron chi connectivity index (χ0n) is 11.9. The highest BCUT2D eigenvalue weighted by molar-refractivity contribution is 9.10. The molecular formula is C16H17BrN2O2. The zero-order chi connectivity index (χ0) is 15.4. The van der Waals surface area contributed by atoms with Crippen LogP contribution in [0.15, 0.2) is 46.9 Å². The molecule has 4 nitrogen and oxygen atoms in total. The number of halogens is 1. The zero-order valence-corrected chi connectivity index (χ0v) is 13.5. The lowest BCUT2D eigenvalue weighted by molar-refractivity contribution is 0.0939. The van der Waals surface area contributed by atoms with E-state index in [2.05, 4.69) is 21.2 Å². The number of amides is 1. The Hall–Kier alpha value is -2.01. The molecule has 3 N–H and O–H groups in total. The number of nitrogens with one attached hydrogen (secondary N) is 1. The third kappa shape index (κ3) is 3.55. The van der Waals surface area contributed by atoms with Gasteiger partial charge in [-0.1, -0.05) is 34.1 Å². The average molecular weight is 349 g/mol. The van der Waals surface area contributed by atoms with E-state index in [0.29, 0.717) is 17.0 Å². The number of ether oxygens (including phenoxy) is 1. The van der Waals surface area contributed by atoms with Gasteiger partial charge in [0.15, 0.2) is 0 Å². The SMILES string of the molecule is COc1cc(C(=O)NC(C)c2ccccc2Br)ccc1N. The Bertz CT molecular complexity index is 658. The van der Waals surface area contributed by atoms with Gasteiger partial charge in [-0.2, -0.15) is 0 Å². The summed E-state index contributed by atoms with van der Waals surface area (Å²) in [7, 11) is 1.52. The minimum atomic E-state index is -0.170. The molecule has 21 heavy (non-hydrogen) atoms. The van der Waals surface area contributed by atoms with E-state index in [1.165, 1.54) is 7.11 Å². The van der Waals surface area contributed by atoms with Gasteiger partial charge in [0.1, 0.15) is 5.75 Å². The number of hydrogen-bond donors (Lipinski definition) is 2. The summed E-state index contributed by atoms with van der Waals surface area (Å²) < 4.78 is 6.10. The maximum Gasteiger partial charge on any atom is 0.251 e. The second-order valence-electron chi connectivity index (χ2n) is 4.67. The van der Waals surface area contributed by atoms with Gasteiger partial charge in [0.2, 0.25) is 0 Å². The fourth-order valence-corrected chi connectivity index (χ4v) is 2.66. The Kier molecular flexibility index (Phi) is 4.85. The molecule has 0 aliphatic carbocycles. The van der Waals surface area contributed by atoms with Crippen molar-refractivity contribution in [1.29, 1.82) is 0 Å². The number of anilines is 1. The largest absolute Gasteiger partial charge is 0.495 e. The Morgan fingerprint density at radius 3 is 2.67 bits per heavy atom. The van der Waals surface area contributed by atoms with Gasteiger partial charge in [0.25, 0.3) is 5.91 Å². The van der Waals surface area contributed by atoms with Crippen molar-refractivity contribution in [3.8, 4) is 5.75 Å². The molecule has 2 aromatic carbocycles. The summed E-state index contributed by atoms with van der Waals surface area (Å²) in [5, 5.41) is 2.96. The van der Waals surface area contributed by atoms with Crippen LogP contribution in [0, 0.1) is 0 Å². The second-order valence-corrected chi connectivity index (χ2v) is 5.53. The molecule has 0 saturated carbocycles. The van der Waals surface area contributed by atoms with E-state index in [4.69, 9.17) is 10.5 Å². The lowest BCUT2D eigenvalue weighted by Crippen LogP contribution is -2.26. The molecule has 0 bridgehead atoms. The molecule has 0 aromatic heterocycles. The lowest BCUT2D eigenvalue weighted by atomic mass is 10.1. The summed E-state index contributed by atoms with van der Waals surface area (Å²) in [4.78, 5) is 12.3. The van der Waals surface area contributed by atoms with Gasteiger partial charge in [-0.3, -0.25) is 4.79 Å². The van der Waals surface area contributed by atoms with Crippen molar-refractivity contribution in [2.45, 2.75) is 13.0 Å². The number of nitrogen functional groups attached to an aromatic ring is 1. The number of benzene rings is 2. The van der Waals surface area contributed by atoms with E-state index in [9.17, 15) is 4.79 Å². The molecule has 110 valence electrons. The van der Waals surface area contributed by atoms with E-state index >= 15 is 0 Å². The maximum atomic E-state index is 12.3. The normalized spacial score (nSPS) is 11.8. The van der Waals surface area contributed by atoms with Crippen LogP contribution in [-0.4, -0.2) is 13.0 Å². The first-order valence-electron chi connectivity index (χ1n) is 6.51. The van der Waals surface area contributed by atoms with Gasteiger partial charge in [0, 0.05) is 10.0 Å². The van der Waals surface area contributed by atoms with E-state index in [1.54, 1.807) is 18.2 Å². The molecule has 0 radical (unpaired) electrons. The van der Waals surface area contributed by atoms with Crippen LogP contribution in [0.3, 0.4) is 0 Å². The highest BCUT2D eigenvalue weighted by atomic mass is 79.9. The van der Waals surface area contributed by atoms with Crippen LogP contribution < -0.4 is 15.8 Å². The van der Waals surface area contributed by atoms with Gasteiger partial charge in [-0.25, -0.2) is 0 Å². The molecule has 1 amide bonds. The van der Waals surface area contributed by atoms with Crippen LogP contribution in [0.1, 0.15) is 28.9 Å². The number of nitrogens with two attached hydrogens (primary N) is 1. The van der Waals surface area contributed by atoms with Crippen LogP contribution >= 0.6 is 15.9 Å². The van der Waals surface area contributed by atoms with Crippen LogP contribution in [0.4, 0.5) is 5.69 Å². The average Bonchev–Trinajstić information content (AvgIpc) is 2.48. The molecule has 2 aromatic rings. The summed E-state index contributed by atoms with van der Waals surface area (Å²) in [6.07, 6.45) is 0. The van der Waals surface area contributed by atoms with Crippen LogP contribution in [0.2, 0.25) is 0 Å². The minimum absolute atomic E-state index is 0.114. The lowest BCUT2D eigenvalue weighted by Gasteiger charge is -2.16. The van der Waals surface area contributed by atoms with E-state index in [0.717, 1.165) is 10.0 Å². The molecule has 0 fully saturated rings. The first-order chi connectivity index (χ1) is 10.0. The summed E-state index contributed by atoms with van der Waals surface area (Å²) in [5.41, 5.74) is 7.79. The van der Waals surface area contributed by atoms with Crippen molar-refractivity contribution in [3.05, 3.63) is 58.1 Å². The fraction of sp³-hybridized carbons (Fsp3) is 0.188. The van der Waals surface area contributed by atoms with Crippen LogP contribution in [0.25, 0.3) is 0 Å². The van der Waals surface area contributed by atoms with Crippen LogP contribution in [0.5, 0.6) is 5.75 Å². The number of carbonyl (C=O) groups is 1. The van der Waals surface area contributed by atoms with Gasteiger partial charge < -0.3 is 15.8 Å². The van der Waals surface area contributed by atoms with Gasteiger partial charge in [-0.05, 0) is 36.8 Å². The minimum Gasteiger partial charge on any atom is -0.495 e. The van der Waals surface area contributed by atoms with E-state index in [1.807, 2.05) is 31.2 Å². The first-order valence-corrected chi connectivity index (χ1v) is 7.31. The molecule has 5 heteroatoms. The standard InChI is InChI=1S/C16H17BrN2O2/c1-10(12-5-3-4-6-13(12)17)19-16(20)11-7-8-14(18)15(9-11)21-2/h3-10H,18H2,1-2H3,(H,19,20). The number of hydrogen-bond acceptors (Lipinski definition) is 3. The van der Waals surface area contributed by atoms with Crippen molar-refractivity contribution in [2.75, 3.05) is 12.8 Å². The summed E-state index contributed by atoms with van der Waals surface area (Å²) in [5.74, 6) is 0.327. The summed E-state index contributed by atoms with van der Waals surface area (Å²) in [6, 6.07) is 12.7. The second kappa shape index (κ2) is 6.63. The van der Waals surface area contributed by atoms with Gasteiger partial charge in [0.05, 0.1) is 18.8 Å². The topological polar surface area (TPSA) is 64.3 Å². The Balaban J connectivity index is 2.16.